The number of piperidine rings is 1. The molecule has 0 aliphatic carbocycles. The highest BCUT2D eigenvalue weighted by Gasteiger charge is 2.22. The molecule has 4 heteroatoms. The van der Waals surface area contributed by atoms with Crippen LogP contribution in [0, 0.1) is 5.92 Å². The topological polar surface area (TPSA) is 41.6 Å². The van der Waals surface area contributed by atoms with Crippen molar-refractivity contribution in [2.45, 2.75) is 39.2 Å². The van der Waals surface area contributed by atoms with Gasteiger partial charge >= 0.3 is 0 Å². The van der Waals surface area contributed by atoms with Crippen LogP contribution in [-0.2, 0) is 9.53 Å². The number of hydrogen-bond acceptors (Lipinski definition) is 3. The third-order valence-corrected chi connectivity index (χ3v) is 3.17. The zero-order valence-corrected chi connectivity index (χ0v) is 11.4. The molecule has 0 bridgehead atoms. The molecule has 0 saturated carbocycles. The maximum absolute atomic E-state index is 12.0. The molecule has 17 heavy (non-hydrogen) atoms. The molecule has 1 saturated heterocycles. The number of rotatable bonds is 6. The molecule has 0 aromatic rings. The zero-order chi connectivity index (χ0) is 12.7. The van der Waals surface area contributed by atoms with E-state index in [0.717, 1.165) is 32.7 Å². The molecule has 0 aromatic heterocycles. The molecule has 4 nitrogen and oxygen atoms in total. The molecule has 1 heterocycles. The number of likely N-dealkylation sites (tertiary alicyclic amines) is 1. The average Bonchev–Trinajstić information content (AvgIpc) is 2.29. The Kier molecular flexibility index (Phi) is 6.52. The molecule has 1 aliphatic rings. The summed E-state index contributed by atoms with van der Waals surface area (Å²) < 4.78 is 5.17. The lowest BCUT2D eigenvalue weighted by molar-refractivity contribution is -0.133. The summed E-state index contributed by atoms with van der Waals surface area (Å²) in [5.41, 5.74) is 0. The van der Waals surface area contributed by atoms with E-state index in [1.165, 1.54) is 6.42 Å². The van der Waals surface area contributed by atoms with E-state index in [1.807, 2.05) is 4.90 Å². The van der Waals surface area contributed by atoms with Gasteiger partial charge in [0.1, 0.15) is 0 Å². The first-order valence-corrected chi connectivity index (χ1v) is 6.63. The minimum absolute atomic E-state index is 0.277. The summed E-state index contributed by atoms with van der Waals surface area (Å²) in [5, 5.41) is 3.28. The molecule has 0 radical (unpaired) electrons. The summed E-state index contributed by atoms with van der Waals surface area (Å²) in [4.78, 5) is 14.0. The van der Waals surface area contributed by atoms with Crippen LogP contribution in [0.5, 0.6) is 0 Å². The van der Waals surface area contributed by atoms with E-state index in [4.69, 9.17) is 4.74 Å². The second-order valence-corrected chi connectivity index (χ2v) is 5.16. The number of ether oxygens (including phenoxy) is 1. The molecule has 1 N–H and O–H groups in total. The van der Waals surface area contributed by atoms with Crippen LogP contribution in [0.2, 0.25) is 0 Å². The fraction of sp³-hybridized carbons (Fsp3) is 0.923. The second-order valence-electron chi connectivity index (χ2n) is 5.16. The van der Waals surface area contributed by atoms with E-state index in [9.17, 15) is 4.79 Å². The van der Waals surface area contributed by atoms with Gasteiger partial charge < -0.3 is 15.0 Å². The fourth-order valence-corrected chi connectivity index (χ4v) is 2.29. The van der Waals surface area contributed by atoms with E-state index in [0.29, 0.717) is 18.4 Å². The largest absolute Gasteiger partial charge is 0.384 e. The molecule has 100 valence electrons. The molecule has 1 unspecified atom stereocenters. The van der Waals surface area contributed by atoms with Crippen LogP contribution in [0.4, 0.5) is 0 Å². The molecule has 1 atom stereocenters. The maximum Gasteiger partial charge on any atom is 0.223 e. The van der Waals surface area contributed by atoms with Crippen LogP contribution in [0.15, 0.2) is 0 Å². The third-order valence-electron chi connectivity index (χ3n) is 3.17. The van der Waals surface area contributed by atoms with Crippen molar-refractivity contribution >= 4 is 5.91 Å². The zero-order valence-electron chi connectivity index (χ0n) is 11.4. The lowest BCUT2D eigenvalue weighted by Gasteiger charge is -2.32. The van der Waals surface area contributed by atoms with Gasteiger partial charge in [-0.2, -0.15) is 0 Å². The molecule has 1 aliphatic heterocycles. The van der Waals surface area contributed by atoms with Crippen molar-refractivity contribution in [3.63, 3.8) is 0 Å². The number of carbonyl (C=O) groups excluding carboxylic acids is 1. The Labute approximate surface area is 105 Å². The Morgan fingerprint density at radius 2 is 2.29 bits per heavy atom. The van der Waals surface area contributed by atoms with E-state index >= 15 is 0 Å². The normalized spacial score (nSPS) is 20.9. The average molecular weight is 242 g/mol. The van der Waals surface area contributed by atoms with Crippen LogP contribution in [0.1, 0.15) is 33.1 Å². The van der Waals surface area contributed by atoms with Gasteiger partial charge in [0.2, 0.25) is 5.91 Å². The first-order chi connectivity index (χ1) is 8.13. The van der Waals surface area contributed by atoms with Crippen molar-refractivity contribution in [3.05, 3.63) is 0 Å². The Morgan fingerprint density at radius 1 is 1.53 bits per heavy atom. The number of hydrogen-bond donors (Lipinski definition) is 1. The lowest BCUT2D eigenvalue weighted by Crippen LogP contribution is -2.42. The molecular weight excluding hydrogens is 216 g/mol. The van der Waals surface area contributed by atoms with Crippen LogP contribution in [0.3, 0.4) is 0 Å². The predicted octanol–water partition coefficient (Wildman–Crippen LogP) is 1.26. The van der Waals surface area contributed by atoms with Crippen molar-refractivity contribution in [2.24, 2.45) is 5.92 Å². The monoisotopic (exact) mass is 242 g/mol. The van der Waals surface area contributed by atoms with Crippen LogP contribution in [0.25, 0.3) is 0 Å². The predicted molar refractivity (Wildman–Crippen MR) is 68.9 cm³/mol. The first kappa shape index (κ1) is 14.5. The van der Waals surface area contributed by atoms with E-state index in [1.54, 1.807) is 7.11 Å². The Balaban J connectivity index is 2.25. The number of amides is 1. The van der Waals surface area contributed by atoms with Crippen molar-refractivity contribution in [1.29, 1.82) is 0 Å². The summed E-state index contributed by atoms with van der Waals surface area (Å²) in [6.07, 6.45) is 2.90. The maximum atomic E-state index is 12.0. The van der Waals surface area contributed by atoms with Gasteiger partial charge in [0, 0.05) is 39.2 Å². The van der Waals surface area contributed by atoms with Crippen molar-refractivity contribution in [3.8, 4) is 0 Å². The van der Waals surface area contributed by atoms with Gasteiger partial charge in [-0.15, -0.1) is 0 Å². The molecule has 0 spiro atoms. The highest BCUT2D eigenvalue weighted by Crippen LogP contribution is 2.17. The van der Waals surface area contributed by atoms with Gasteiger partial charge in [-0.1, -0.05) is 13.8 Å². The van der Waals surface area contributed by atoms with Gasteiger partial charge in [-0.25, -0.2) is 0 Å². The van der Waals surface area contributed by atoms with Crippen LogP contribution < -0.4 is 5.32 Å². The smallest absolute Gasteiger partial charge is 0.223 e. The molecule has 0 aromatic carbocycles. The van der Waals surface area contributed by atoms with E-state index in [-0.39, 0.29) is 5.91 Å². The van der Waals surface area contributed by atoms with Crippen LogP contribution in [-0.4, -0.2) is 50.2 Å². The SMILES string of the molecule is COCC1CCCN(C(=O)CCNC(C)C)C1. The van der Waals surface area contributed by atoms with E-state index in [2.05, 4.69) is 19.2 Å². The van der Waals surface area contributed by atoms with Gasteiger partial charge in [-0.05, 0) is 18.8 Å². The Hall–Kier alpha value is -0.610. The minimum atomic E-state index is 0.277. The number of nitrogens with zero attached hydrogens (tertiary/aromatic N) is 1. The molecule has 1 fully saturated rings. The van der Waals surface area contributed by atoms with Crippen LogP contribution >= 0.6 is 0 Å². The molecule has 1 amide bonds. The molecule has 1 rings (SSSR count). The number of methoxy groups -OCH3 is 1. The summed E-state index contributed by atoms with van der Waals surface area (Å²) in [6.45, 7) is 7.53. The van der Waals surface area contributed by atoms with Crippen molar-refractivity contribution in [2.75, 3.05) is 33.4 Å². The third kappa shape index (κ3) is 5.50. The highest BCUT2D eigenvalue weighted by molar-refractivity contribution is 5.76. The minimum Gasteiger partial charge on any atom is -0.384 e. The molecular formula is C13H26N2O2. The van der Waals surface area contributed by atoms with E-state index < -0.39 is 0 Å². The quantitative estimate of drug-likeness (QED) is 0.762. The van der Waals surface area contributed by atoms with Gasteiger partial charge in [-0.3, -0.25) is 4.79 Å². The van der Waals surface area contributed by atoms with Gasteiger partial charge in [0.15, 0.2) is 0 Å². The Bertz CT molecular complexity index is 229. The summed E-state index contributed by atoms with van der Waals surface area (Å²) in [7, 11) is 1.73. The van der Waals surface area contributed by atoms with Gasteiger partial charge in [0.05, 0.1) is 6.61 Å². The van der Waals surface area contributed by atoms with Gasteiger partial charge in [0.25, 0.3) is 0 Å². The fourth-order valence-electron chi connectivity index (χ4n) is 2.29. The van der Waals surface area contributed by atoms with Crippen molar-refractivity contribution < 1.29 is 9.53 Å². The summed E-state index contributed by atoms with van der Waals surface area (Å²) in [5.74, 6) is 0.801. The first-order valence-electron chi connectivity index (χ1n) is 6.63. The number of nitrogens with one attached hydrogen (secondary N) is 1. The summed E-state index contributed by atoms with van der Waals surface area (Å²) >= 11 is 0. The highest BCUT2D eigenvalue weighted by atomic mass is 16.5. The summed E-state index contributed by atoms with van der Waals surface area (Å²) in [6, 6.07) is 0.449. The van der Waals surface area contributed by atoms with Crippen molar-refractivity contribution in [1.82, 2.24) is 10.2 Å². The standard InChI is InChI=1S/C13H26N2O2/c1-11(2)14-7-6-13(16)15-8-4-5-12(9-15)10-17-3/h11-12,14H,4-10H2,1-3H3. The second kappa shape index (κ2) is 7.67. The number of carbonyl (C=O) groups is 1. The Morgan fingerprint density at radius 3 is 2.94 bits per heavy atom. The lowest BCUT2D eigenvalue weighted by atomic mass is 9.99.